The van der Waals surface area contributed by atoms with Gasteiger partial charge in [0, 0.05) is 5.69 Å². The molecular weight excluding hydrogens is 232 g/mol. The van der Waals surface area contributed by atoms with Crippen LogP contribution in [0.3, 0.4) is 0 Å². The van der Waals surface area contributed by atoms with Crippen molar-refractivity contribution in [2.45, 2.75) is 13.8 Å². The highest BCUT2D eigenvalue weighted by molar-refractivity contribution is 6.34. The molecule has 84 valence electrons. The van der Waals surface area contributed by atoms with Crippen molar-refractivity contribution in [1.82, 2.24) is 4.98 Å². The average Bonchev–Trinajstić information content (AvgIpc) is 2.23. The molecule has 1 aromatic heterocycles. The van der Waals surface area contributed by atoms with Crippen molar-refractivity contribution in [2.24, 2.45) is 0 Å². The summed E-state index contributed by atoms with van der Waals surface area (Å²) in [5, 5.41) is 8.83. The van der Waals surface area contributed by atoms with Crippen LogP contribution in [0.2, 0.25) is 5.02 Å². The molecule has 1 N–H and O–H groups in total. The molecule has 1 heterocycles. The van der Waals surface area contributed by atoms with Gasteiger partial charge in [-0.25, -0.2) is 4.79 Å². The van der Waals surface area contributed by atoms with E-state index in [-0.39, 0.29) is 22.8 Å². The molecule has 16 heavy (non-hydrogen) atoms. The van der Waals surface area contributed by atoms with Crippen molar-refractivity contribution >= 4 is 17.6 Å². The molecule has 0 amide bonds. The Hall–Kier alpha value is -1.80. The van der Waals surface area contributed by atoms with Gasteiger partial charge >= 0.3 is 5.97 Å². The lowest BCUT2D eigenvalue weighted by atomic mass is 10.1. The van der Waals surface area contributed by atoms with Crippen molar-refractivity contribution in [1.29, 1.82) is 5.26 Å². The fraction of sp³-hybridized carbons (Fsp3) is 0.300. The molecule has 0 saturated carbocycles. The van der Waals surface area contributed by atoms with Crippen LogP contribution in [0.4, 0.5) is 0 Å². The topological polar surface area (TPSA) is 83.0 Å². The predicted molar refractivity (Wildman–Crippen MR) is 57.5 cm³/mol. The zero-order valence-electron chi connectivity index (χ0n) is 8.76. The summed E-state index contributed by atoms with van der Waals surface area (Å²) < 4.78 is 4.73. The second kappa shape index (κ2) is 4.81. The maximum absolute atomic E-state index is 11.5. The monoisotopic (exact) mass is 240 g/mol. The number of carbonyl (C=O) groups excluding carboxylic acids is 1. The van der Waals surface area contributed by atoms with E-state index in [0.29, 0.717) is 5.69 Å². The van der Waals surface area contributed by atoms with Gasteiger partial charge in [0.2, 0.25) is 0 Å². The summed E-state index contributed by atoms with van der Waals surface area (Å²) in [6, 6.07) is 1.64. The Morgan fingerprint density at radius 2 is 2.25 bits per heavy atom. The first kappa shape index (κ1) is 12.3. The third kappa shape index (κ3) is 2.07. The number of nitrogens with one attached hydrogen (secondary N) is 1. The number of hydrogen-bond acceptors (Lipinski definition) is 4. The molecule has 0 aliphatic rings. The molecule has 0 saturated heterocycles. The number of rotatable bonds is 2. The van der Waals surface area contributed by atoms with Crippen molar-refractivity contribution in [3.63, 3.8) is 0 Å². The Labute approximate surface area is 96.6 Å². The first-order chi connectivity index (χ1) is 7.52. The van der Waals surface area contributed by atoms with Crippen LogP contribution in [-0.4, -0.2) is 17.6 Å². The first-order valence-corrected chi connectivity index (χ1v) is 4.90. The van der Waals surface area contributed by atoms with E-state index < -0.39 is 11.5 Å². The third-order valence-electron chi connectivity index (χ3n) is 1.92. The lowest BCUT2D eigenvalue weighted by Crippen LogP contribution is -2.19. The van der Waals surface area contributed by atoms with Gasteiger partial charge in [0.15, 0.2) is 0 Å². The number of halogens is 1. The van der Waals surface area contributed by atoms with Gasteiger partial charge in [-0.3, -0.25) is 4.79 Å². The number of esters is 1. The second-order valence-electron chi connectivity index (χ2n) is 2.98. The first-order valence-electron chi connectivity index (χ1n) is 4.52. The Morgan fingerprint density at radius 1 is 1.62 bits per heavy atom. The van der Waals surface area contributed by atoms with E-state index in [9.17, 15) is 9.59 Å². The normalized spacial score (nSPS) is 9.62. The van der Waals surface area contributed by atoms with Crippen LogP contribution in [0, 0.1) is 18.3 Å². The number of nitrogens with zero attached hydrogens (tertiary/aromatic N) is 1. The molecule has 0 radical (unpaired) electrons. The number of carbonyl (C=O) groups is 1. The molecular formula is C10H9ClN2O3. The maximum atomic E-state index is 11.5. The Kier molecular flexibility index (Phi) is 3.69. The Balaban J connectivity index is 3.53. The van der Waals surface area contributed by atoms with Crippen molar-refractivity contribution < 1.29 is 9.53 Å². The molecule has 1 aromatic rings. The summed E-state index contributed by atoms with van der Waals surface area (Å²) in [5.74, 6) is -0.766. The van der Waals surface area contributed by atoms with E-state index in [0.717, 1.165) is 0 Å². The smallest absolute Gasteiger partial charge is 0.341 e. The van der Waals surface area contributed by atoms with E-state index in [1.807, 2.05) is 0 Å². The van der Waals surface area contributed by atoms with Crippen LogP contribution in [0.5, 0.6) is 0 Å². The summed E-state index contributed by atoms with van der Waals surface area (Å²) >= 11 is 5.86. The van der Waals surface area contributed by atoms with Crippen LogP contribution in [0.1, 0.15) is 28.5 Å². The van der Waals surface area contributed by atoms with Gasteiger partial charge in [0.05, 0.1) is 11.6 Å². The molecule has 0 fully saturated rings. The Bertz CT molecular complexity index is 528. The maximum Gasteiger partial charge on any atom is 0.341 e. The highest BCUT2D eigenvalue weighted by atomic mass is 35.5. The second-order valence-corrected chi connectivity index (χ2v) is 3.35. The highest BCUT2D eigenvalue weighted by Gasteiger charge is 2.21. The van der Waals surface area contributed by atoms with Crippen molar-refractivity contribution in [2.75, 3.05) is 6.61 Å². The van der Waals surface area contributed by atoms with E-state index in [1.165, 1.54) is 6.92 Å². The van der Waals surface area contributed by atoms with E-state index >= 15 is 0 Å². The van der Waals surface area contributed by atoms with Gasteiger partial charge in [0.1, 0.15) is 17.2 Å². The molecule has 5 nitrogen and oxygen atoms in total. The number of ether oxygens (including phenoxy) is 1. The van der Waals surface area contributed by atoms with Crippen molar-refractivity contribution in [3.8, 4) is 6.07 Å². The van der Waals surface area contributed by atoms with E-state index in [1.54, 1.807) is 13.0 Å². The minimum atomic E-state index is -0.766. The van der Waals surface area contributed by atoms with Crippen molar-refractivity contribution in [3.05, 3.63) is 32.2 Å². The fourth-order valence-corrected chi connectivity index (χ4v) is 1.42. The van der Waals surface area contributed by atoms with Crippen LogP contribution < -0.4 is 5.56 Å². The largest absolute Gasteiger partial charge is 0.462 e. The highest BCUT2D eigenvalue weighted by Crippen LogP contribution is 2.20. The molecule has 0 atom stereocenters. The predicted octanol–water partition coefficient (Wildman–Crippen LogP) is 1.39. The molecule has 0 unspecified atom stereocenters. The lowest BCUT2D eigenvalue weighted by Gasteiger charge is -2.07. The zero-order chi connectivity index (χ0) is 12.3. The van der Waals surface area contributed by atoms with Crippen LogP contribution in [-0.2, 0) is 4.74 Å². The number of pyridine rings is 1. The Morgan fingerprint density at radius 3 is 2.75 bits per heavy atom. The summed E-state index contributed by atoms with van der Waals surface area (Å²) in [7, 11) is 0. The average molecular weight is 241 g/mol. The number of aromatic nitrogens is 1. The van der Waals surface area contributed by atoms with Gasteiger partial charge in [-0.2, -0.15) is 5.26 Å². The third-order valence-corrected chi connectivity index (χ3v) is 2.39. The minimum absolute atomic E-state index is 0.0367. The van der Waals surface area contributed by atoms with Gasteiger partial charge in [-0.15, -0.1) is 0 Å². The minimum Gasteiger partial charge on any atom is -0.462 e. The fourth-order valence-electron chi connectivity index (χ4n) is 1.20. The van der Waals surface area contributed by atoms with Gasteiger partial charge < -0.3 is 9.72 Å². The number of aromatic amines is 1. The summed E-state index contributed by atoms with van der Waals surface area (Å²) in [6.07, 6.45) is 0. The van der Waals surface area contributed by atoms with Crippen LogP contribution in [0.15, 0.2) is 4.79 Å². The number of hydrogen-bond donors (Lipinski definition) is 1. The zero-order valence-corrected chi connectivity index (χ0v) is 9.51. The van der Waals surface area contributed by atoms with Gasteiger partial charge in [-0.1, -0.05) is 11.6 Å². The van der Waals surface area contributed by atoms with Gasteiger partial charge in [-0.05, 0) is 13.8 Å². The molecule has 0 spiro atoms. The number of aryl methyl sites for hydroxylation is 1. The molecule has 0 aliphatic heterocycles. The summed E-state index contributed by atoms with van der Waals surface area (Å²) in [5.41, 5.74) is -0.817. The SMILES string of the molecule is CCOC(=O)c1c(Cl)c(C)[nH]c(=O)c1C#N. The standard InChI is InChI=1S/C10H9ClN2O3/c1-3-16-10(15)7-6(4-12)9(14)13-5(2)8(7)11/h3H2,1-2H3,(H,13,14). The quantitative estimate of drug-likeness (QED) is 0.792. The van der Waals surface area contributed by atoms with E-state index in [2.05, 4.69) is 4.98 Å². The molecule has 6 heteroatoms. The molecule has 0 bridgehead atoms. The van der Waals surface area contributed by atoms with Crippen LogP contribution in [0.25, 0.3) is 0 Å². The summed E-state index contributed by atoms with van der Waals surface area (Å²) in [4.78, 5) is 25.3. The van der Waals surface area contributed by atoms with Crippen LogP contribution >= 0.6 is 11.6 Å². The molecule has 1 rings (SSSR count). The summed E-state index contributed by atoms with van der Waals surface area (Å²) in [6.45, 7) is 3.30. The number of nitriles is 1. The van der Waals surface area contributed by atoms with E-state index in [4.69, 9.17) is 21.6 Å². The molecule has 0 aromatic carbocycles. The molecule has 0 aliphatic carbocycles. The van der Waals surface area contributed by atoms with Gasteiger partial charge in [0.25, 0.3) is 5.56 Å². The number of H-pyrrole nitrogens is 1. The lowest BCUT2D eigenvalue weighted by molar-refractivity contribution is 0.0526.